The molecule has 2 aromatic rings. The first-order valence-corrected chi connectivity index (χ1v) is 10.3. The van der Waals surface area contributed by atoms with Gasteiger partial charge >= 0.3 is 0 Å². The van der Waals surface area contributed by atoms with E-state index >= 15 is 0 Å². The minimum absolute atomic E-state index is 0.0775. The number of carbonyl (C=O) groups is 1. The van der Waals surface area contributed by atoms with Gasteiger partial charge in [-0.15, -0.1) is 0 Å². The number of piperidine rings is 1. The molecule has 0 aliphatic carbocycles. The summed E-state index contributed by atoms with van der Waals surface area (Å²) in [6.07, 6.45) is 6.77. The standard InChI is InChI=1S/C22H30N4O2/c1-28-16-20(27)26-13-9-19-21(24-17-23-19)22(26)10-14-25(15-11-22)12-5-8-18-6-3-2-4-7-18/h2-4,6-7,17H,5,8-16H2,1H3,(H,23,24). The van der Waals surface area contributed by atoms with E-state index in [9.17, 15) is 4.79 Å². The molecule has 0 saturated carbocycles. The Hall–Kier alpha value is -2.18. The topological polar surface area (TPSA) is 61.5 Å². The quantitative estimate of drug-likeness (QED) is 0.833. The van der Waals surface area contributed by atoms with Crippen LogP contribution in [0, 0.1) is 0 Å². The number of carbonyl (C=O) groups excluding carboxylic acids is 1. The lowest BCUT2D eigenvalue weighted by Gasteiger charge is -2.50. The minimum atomic E-state index is -0.279. The normalized spacial score (nSPS) is 19.0. The Kier molecular flexibility index (Phi) is 5.78. The van der Waals surface area contributed by atoms with Crippen molar-refractivity contribution in [3.05, 3.63) is 53.6 Å². The van der Waals surface area contributed by atoms with Crippen molar-refractivity contribution in [2.75, 3.05) is 39.9 Å². The minimum Gasteiger partial charge on any atom is -0.375 e. The lowest BCUT2D eigenvalue weighted by Crippen LogP contribution is -2.59. The van der Waals surface area contributed by atoms with Gasteiger partial charge in [0.15, 0.2) is 0 Å². The monoisotopic (exact) mass is 382 g/mol. The second kappa shape index (κ2) is 8.45. The second-order valence-electron chi connectivity index (χ2n) is 7.92. The molecule has 3 heterocycles. The van der Waals surface area contributed by atoms with E-state index in [2.05, 4.69) is 45.2 Å². The van der Waals surface area contributed by atoms with Crippen LogP contribution in [-0.2, 0) is 27.9 Å². The number of imidazole rings is 1. The van der Waals surface area contributed by atoms with Gasteiger partial charge in [0.2, 0.25) is 5.91 Å². The van der Waals surface area contributed by atoms with Crippen LogP contribution in [0.4, 0.5) is 0 Å². The number of aryl methyl sites for hydroxylation is 1. The zero-order chi connectivity index (χ0) is 19.4. The molecule has 0 atom stereocenters. The number of likely N-dealkylation sites (tertiary alicyclic amines) is 1. The molecule has 4 rings (SSSR count). The summed E-state index contributed by atoms with van der Waals surface area (Å²) < 4.78 is 5.15. The first-order chi connectivity index (χ1) is 13.7. The number of aromatic nitrogens is 2. The average molecular weight is 383 g/mol. The fourth-order valence-corrected chi connectivity index (χ4v) is 4.85. The Morgan fingerprint density at radius 3 is 2.75 bits per heavy atom. The van der Waals surface area contributed by atoms with Gasteiger partial charge in [-0.05, 0) is 37.8 Å². The van der Waals surface area contributed by atoms with E-state index in [0.717, 1.165) is 64.0 Å². The Bertz CT molecular complexity index is 781. The third kappa shape index (κ3) is 3.71. The maximum absolute atomic E-state index is 12.8. The smallest absolute Gasteiger partial charge is 0.249 e. The van der Waals surface area contributed by atoms with E-state index in [1.807, 2.05) is 4.90 Å². The highest BCUT2D eigenvalue weighted by atomic mass is 16.5. The number of amides is 1. The van der Waals surface area contributed by atoms with Gasteiger partial charge in [0, 0.05) is 38.9 Å². The number of nitrogens with zero attached hydrogens (tertiary/aromatic N) is 3. The molecular weight excluding hydrogens is 352 g/mol. The van der Waals surface area contributed by atoms with Crippen molar-refractivity contribution in [3.8, 4) is 0 Å². The molecule has 2 aliphatic heterocycles. The van der Waals surface area contributed by atoms with E-state index in [1.54, 1.807) is 13.4 Å². The van der Waals surface area contributed by atoms with E-state index in [1.165, 1.54) is 11.3 Å². The van der Waals surface area contributed by atoms with Crippen LogP contribution in [0.5, 0.6) is 0 Å². The summed E-state index contributed by atoms with van der Waals surface area (Å²) in [6, 6.07) is 10.7. The molecule has 0 bridgehead atoms. The Labute approximate surface area is 166 Å². The molecule has 1 aromatic heterocycles. The molecule has 0 radical (unpaired) electrons. The van der Waals surface area contributed by atoms with Gasteiger partial charge in [-0.3, -0.25) is 4.79 Å². The van der Waals surface area contributed by atoms with Crippen molar-refractivity contribution in [3.63, 3.8) is 0 Å². The SMILES string of the molecule is COCC(=O)N1CCc2[nH]cnc2C12CCN(CCCc1ccccc1)CC2. The van der Waals surface area contributed by atoms with Crippen molar-refractivity contribution >= 4 is 5.91 Å². The number of H-pyrrole nitrogens is 1. The molecule has 150 valence electrons. The van der Waals surface area contributed by atoms with Gasteiger partial charge in [0.25, 0.3) is 0 Å². The van der Waals surface area contributed by atoms with Crippen LogP contribution in [0.15, 0.2) is 36.7 Å². The first-order valence-electron chi connectivity index (χ1n) is 10.3. The molecule has 1 saturated heterocycles. The zero-order valence-electron chi connectivity index (χ0n) is 16.7. The van der Waals surface area contributed by atoms with Crippen LogP contribution in [0.25, 0.3) is 0 Å². The predicted octanol–water partition coefficient (Wildman–Crippen LogP) is 2.36. The number of methoxy groups -OCH3 is 1. The fraction of sp³-hybridized carbons (Fsp3) is 0.545. The maximum Gasteiger partial charge on any atom is 0.249 e. The van der Waals surface area contributed by atoms with Gasteiger partial charge in [0.1, 0.15) is 6.61 Å². The molecule has 2 aliphatic rings. The van der Waals surface area contributed by atoms with Crippen molar-refractivity contribution in [1.82, 2.24) is 19.8 Å². The van der Waals surface area contributed by atoms with Crippen LogP contribution >= 0.6 is 0 Å². The lowest BCUT2D eigenvalue weighted by molar-refractivity contribution is -0.146. The molecule has 1 amide bonds. The molecule has 6 nitrogen and oxygen atoms in total. The summed E-state index contributed by atoms with van der Waals surface area (Å²) in [4.78, 5) is 25.3. The van der Waals surface area contributed by atoms with E-state index in [0.29, 0.717) is 0 Å². The van der Waals surface area contributed by atoms with E-state index in [4.69, 9.17) is 4.74 Å². The van der Waals surface area contributed by atoms with Gasteiger partial charge in [-0.2, -0.15) is 0 Å². The van der Waals surface area contributed by atoms with Crippen LogP contribution in [0.3, 0.4) is 0 Å². The highest BCUT2D eigenvalue weighted by Gasteiger charge is 2.48. The zero-order valence-corrected chi connectivity index (χ0v) is 16.7. The molecule has 1 fully saturated rings. The van der Waals surface area contributed by atoms with Crippen LogP contribution in [0.2, 0.25) is 0 Å². The Morgan fingerprint density at radius 2 is 2.00 bits per heavy atom. The first kappa shape index (κ1) is 19.2. The van der Waals surface area contributed by atoms with Crippen LogP contribution < -0.4 is 0 Å². The summed E-state index contributed by atoms with van der Waals surface area (Å²) in [6.45, 7) is 3.98. The summed E-state index contributed by atoms with van der Waals surface area (Å²) in [5, 5.41) is 0. The molecule has 28 heavy (non-hydrogen) atoms. The highest BCUT2D eigenvalue weighted by molar-refractivity contribution is 5.79. The van der Waals surface area contributed by atoms with Crippen molar-refractivity contribution in [2.24, 2.45) is 0 Å². The molecule has 6 heteroatoms. The van der Waals surface area contributed by atoms with Gasteiger partial charge in [0.05, 0.1) is 17.6 Å². The maximum atomic E-state index is 12.8. The molecule has 1 spiro atoms. The van der Waals surface area contributed by atoms with Gasteiger partial charge < -0.3 is 19.5 Å². The number of rotatable bonds is 6. The van der Waals surface area contributed by atoms with Crippen molar-refractivity contribution < 1.29 is 9.53 Å². The summed E-state index contributed by atoms with van der Waals surface area (Å²) >= 11 is 0. The molecule has 0 unspecified atom stereocenters. The largest absolute Gasteiger partial charge is 0.375 e. The lowest BCUT2D eigenvalue weighted by atomic mass is 9.78. The van der Waals surface area contributed by atoms with Crippen LogP contribution in [0.1, 0.15) is 36.2 Å². The Balaban J connectivity index is 1.41. The number of aromatic amines is 1. The van der Waals surface area contributed by atoms with E-state index < -0.39 is 0 Å². The third-order valence-corrected chi connectivity index (χ3v) is 6.30. The number of hydrogen-bond donors (Lipinski definition) is 1. The number of nitrogens with one attached hydrogen (secondary N) is 1. The summed E-state index contributed by atoms with van der Waals surface area (Å²) in [7, 11) is 1.59. The van der Waals surface area contributed by atoms with Gasteiger partial charge in [-0.25, -0.2) is 4.98 Å². The van der Waals surface area contributed by atoms with Gasteiger partial charge in [-0.1, -0.05) is 30.3 Å². The molecule has 1 aromatic carbocycles. The number of fused-ring (bicyclic) bond motifs is 2. The second-order valence-corrected chi connectivity index (χ2v) is 7.92. The van der Waals surface area contributed by atoms with Crippen molar-refractivity contribution in [2.45, 2.75) is 37.6 Å². The predicted molar refractivity (Wildman–Crippen MR) is 108 cm³/mol. The molecular formula is C22H30N4O2. The third-order valence-electron chi connectivity index (χ3n) is 6.30. The average Bonchev–Trinajstić information content (AvgIpc) is 3.21. The fourth-order valence-electron chi connectivity index (χ4n) is 4.85. The highest BCUT2D eigenvalue weighted by Crippen LogP contribution is 2.42. The molecule has 1 N–H and O–H groups in total. The Morgan fingerprint density at radius 1 is 1.21 bits per heavy atom. The summed E-state index contributed by atoms with van der Waals surface area (Å²) in [5.74, 6) is 0.0775. The van der Waals surface area contributed by atoms with E-state index in [-0.39, 0.29) is 18.1 Å². The summed E-state index contributed by atoms with van der Waals surface area (Å²) in [5.41, 5.74) is 3.39. The van der Waals surface area contributed by atoms with Crippen LogP contribution in [-0.4, -0.2) is 65.6 Å². The number of ether oxygens (including phenoxy) is 1. The number of hydrogen-bond acceptors (Lipinski definition) is 4. The van der Waals surface area contributed by atoms with Crippen molar-refractivity contribution in [1.29, 1.82) is 0 Å². The number of benzene rings is 1.